The lowest BCUT2D eigenvalue weighted by molar-refractivity contribution is -0.116. The fourth-order valence-electron chi connectivity index (χ4n) is 2.40. The molecule has 108 valence electrons. The molecule has 4 nitrogen and oxygen atoms in total. The van der Waals surface area contributed by atoms with Gasteiger partial charge in [-0.1, -0.05) is 12.5 Å². The van der Waals surface area contributed by atoms with Crippen LogP contribution in [-0.4, -0.2) is 42.0 Å². The van der Waals surface area contributed by atoms with Crippen molar-refractivity contribution in [1.29, 1.82) is 0 Å². The molecule has 20 heavy (non-hydrogen) atoms. The Morgan fingerprint density at radius 2 is 2.20 bits per heavy atom. The van der Waals surface area contributed by atoms with Crippen LogP contribution in [0.3, 0.4) is 0 Å². The number of nitrogens with one attached hydrogen (secondary N) is 1. The SMILES string of the molecule is O=C(/C=C/c1cccnc1)NCCCN1CCCCC1. The first-order valence-corrected chi connectivity index (χ1v) is 7.43. The zero-order chi connectivity index (χ0) is 14.0. The summed E-state index contributed by atoms with van der Waals surface area (Å²) in [5, 5.41) is 2.92. The zero-order valence-electron chi connectivity index (χ0n) is 11.9. The molecule has 1 aromatic rings. The molecule has 1 aromatic heterocycles. The molecular formula is C16H23N3O. The summed E-state index contributed by atoms with van der Waals surface area (Å²) in [5.74, 6) is -0.0347. The van der Waals surface area contributed by atoms with Crippen molar-refractivity contribution in [3.63, 3.8) is 0 Å². The summed E-state index contributed by atoms with van der Waals surface area (Å²) >= 11 is 0. The van der Waals surface area contributed by atoms with Crippen molar-refractivity contribution >= 4 is 12.0 Å². The van der Waals surface area contributed by atoms with Crippen molar-refractivity contribution in [2.24, 2.45) is 0 Å². The minimum atomic E-state index is -0.0347. The van der Waals surface area contributed by atoms with Crippen LogP contribution in [0.2, 0.25) is 0 Å². The smallest absolute Gasteiger partial charge is 0.244 e. The van der Waals surface area contributed by atoms with Gasteiger partial charge in [0.15, 0.2) is 0 Å². The number of carbonyl (C=O) groups excluding carboxylic acids is 1. The minimum Gasteiger partial charge on any atom is -0.353 e. The molecule has 1 fully saturated rings. The number of hydrogen-bond acceptors (Lipinski definition) is 3. The summed E-state index contributed by atoms with van der Waals surface area (Å²) in [6.45, 7) is 4.27. The molecule has 1 amide bonds. The van der Waals surface area contributed by atoms with Gasteiger partial charge in [0, 0.05) is 25.0 Å². The Labute approximate surface area is 120 Å². The standard InChI is InChI=1S/C16H23N3O/c20-16(8-7-15-6-4-9-17-14-15)18-10-5-13-19-11-2-1-3-12-19/h4,6-9,14H,1-3,5,10-13H2,(H,18,20)/b8-7+. The number of pyridine rings is 1. The van der Waals surface area contributed by atoms with E-state index in [1.165, 1.54) is 32.4 Å². The van der Waals surface area contributed by atoms with Gasteiger partial charge in [-0.15, -0.1) is 0 Å². The molecule has 0 unspecified atom stereocenters. The second-order valence-electron chi connectivity index (χ2n) is 5.17. The van der Waals surface area contributed by atoms with Gasteiger partial charge in [0.1, 0.15) is 0 Å². The van der Waals surface area contributed by atoms with Crippen LogP contribution < -0.4 is 5.32 Å². The van der Waals surface area contributed by atoms with Crippen molar-refractivity contribution < 1.29 is 4.79 Å². The first-order valence-electron chi connectivity index (χ1n) is 7.43. The first-order chi connectivity index (χ1) is 9.84. The van der Waals surface area contributed by atoms with Gasteiger partial charge in [-0.25, -0.2) is 0 Å². The largest absolute Gasteiger partial charge is 0.353 e. The number of amides is 1. The second kappa shape index (κ2) is 8.48. The molecule has 0 bridgehead atoms. The van der Waals surface area contributed by atoms with E-state index in [2.05, 4.69) is 15.2 Å². The third-order valence-electron chi connectivity index (χ3n) is 3.51. The number of nitrogens with zero attached hydrogens (tertiary/aromatic N) is 2. The van der Waals surface area contributed by atoms with Gasteiger partial charge in [-0.2, -0.15) is 0 Å². The van der Waals surface area contributed by atoms with E-state index in [0.717, 1.165) is 25.1 Å². The minimum absolute atomic E-state index is 0.0347. The van der Waals surface area contributed by atoms with Crippen LogP contribution in [0.5, 0.6) is 0 Å². The Kier molecular flexibility index (Phi) is 6.24. The van der Waals surface area contributed by atoms with Crippen molar-refractivity contribution in [3.8, 4) is 0 Å². The predicted octanol–water partition coefficient (Wildman–Crippen LogP) is 2.09. The lowest BCUT2D eigenvalue weighted by atomic mass is 10.1. The lowest BCUT2D eigenvalue weighted by Crippen LogP contribution is -2.33. The van der Waals surface area contributed by atoms with Gasteiger partial charge < -0.3 is 10.2 Å². The van der Waals surface area contributed by atoms with E-state index >= 15 is 0 Å². The van der Waals surface area contributed by atoms with Gasteiger partial charge in [-0.3, -0.25) is 9.78 Å². The fourth-order valence-corrected chi connectivity index (χ4v) is 2.40. The quantitative estimate of drug-likeness (QED) is 0.637. The maximum absolute atomic E-state index is 11.6. The number of piperidine rings is 1. The Morgan fingerprint density at radius 1 is 1.35 bits per heavy atom. The summed E-state index contributed by atoms with van der Waals surface area (Å²) in [6, 6.07) is 3.78. The zero-order valence-corrected chi connectivity index (χ0v) is 11.9. The molecule has 0 aliphatic carbocycles. The lowest BCUT2D eigenvalue weighted by Gasteiger charge is -2.26. The van der Waals surface area contributed by atoms with Gasteiger partial charge in [-0.05, 0) is 56.6 Å². The van der Waals surface area contributed by atoms with Gasteiger partial charge >= 0.3 is 0 Å². The molecule has 1 aliphatic heterocycles. The molecule has 2 rings (SSSR count). The molecule has 4 heteroatoms. The molecule has 1 saturated heterocycles. The van der Waals surface area contributed by atoms with Crippen molar-refractivity contribution in [3.05, 3.63) is 36.2 Å². The predicted molar refractivity (Wildman–Crippen MR) is 81.2 cm³/mol. The maximum Gasteiger partial charge on any atom is 0.244 e. The normalized spacial score (nSPS) is 16.4. The average molecular weight is 273 g/mol. The highest BCUT2D eigenvalue weighted by atomic mass is 16.1. The molecule has 1 N–H and O–H groups in total. The van der Waals surface area contributed by atoms with Crippen molar-refractivity contribution in [2.45, 2.75) is 25.7 Å². The van der Waals surface area contributed by atoms with Gasteiger partial charge in [0.25, 0.3) is 0 Å². The van der Waals surface area contributed by atoms with Crippen LogP contribution in [0.4, 0.5) is 0 Å². The van der Waals surface area contributed by atoms with Crippen LogP contribution in [0.1, 0.15) is 31.2 Å². The van der Waals surface area contributed by atoms with E-state index in [4.69, 9.17) is 0 Å². The third-order valence-corrected chi connectivity index (χ3v) is 3.51. The van der Waals surface area contributed by atoms with Crippen LogP contribution in [0, 0.1) is 0 Å². The fraction of sp³-hybridized carbons (Fsp3) is 0.500. The van der Waals surface area contributed by atoms with E-state index in [-0.39, 0.29) is 5.91 Å². The van der Waals surface area contributed by atoms with Gasteiger partial charge in [0.05, 0.1) is 0 Å². The maximum atomic E-state index is 11.6. The first kappa shape index (κ1) is 14.7. The summed E-state index contributed by atoms with van der Waals surface area (Å²) in [5.41, 5.74) is 0.941. The number of rotatable bonds is 6. The Morgan fingerprint density at radius 3 is 2.95 bits per heavy atom. The number of hydrogen-bond donors (Lipinski definition) is 1. The number of likely N-dealkylation sites (tertiary alicyclic amines) is 1. The summed E-state index contributed by atoms with van der Waals surface area (Å²) in [7, 11) is 0. The molecule has 0 spiro atoms. The number of carbonyl (C=O) groups is 1. The molecule has 1 aliphatic rings. The summed E-state index contributed by atoms with van der Waals surface area (Å²) in [4.78, 5) is 18.1. The monoisotopic (exact) mass is 273 g/mol. The Balaban J connectivity index is 1.59. The average Bonchev–Trinajstić information content (AvgIpc) is 2.52. The molecule has 2 heterocycles. The highest BCUT2D eigenvalue weighted by Crippen LogP contribution is 2.08. The van der Waals surface area contributed by atoms with Crippen LogP contribution >= 0.6 is 0 Å². The van der Waals surface area contributed by atoms with E-state index in [1.807, 2.05) is 12.1 Å². The summed E-state index contributed by atoms with van der Waals surface area (Å²) in [6.07, 6.45) is 11.8. The van der Waals surface area contributed by atoms with E-state index in [9.17, 15) is 4.79 Å². The summed E-state index contributed by atoms with van der Waals surface area (Å²) < 4.78 is 0. The van der Waals surface area contributed by atoms with E-state index < -0.39 is 0 Å². The van der Waals surface area contributed by atoms with E-state index in [0.29, 0.717) is 0 Å². The topological polar surface area (TPSA) is 45.2 Å². The number of aromatic nitrogens is 1. The molecule has 0 saturated carbocycles. The highest BCUT2D eigenvalue weighted by Gasteiger charge is 2.08. The van der Waals surface area contributed by atoms with Crippen LogP contribution in [0.15, 0.2) is 30.6 Å². The third kappa shape index (κ3) is 5.53. The van der Waals surface area contributed by atoms with Crippen molar-refractivity contribution in [2.75, 3.05) is 26.2 Å². The molecule has 0 atom stereocenters. The van der Waals surface area contributed by atoms with Crippen molar-refractivity contribution in [1.82, 2.24) is 15.2 Å². The molecule has 0 radical (unpaired) electrons. The van der Waals surface area contributed by atoms with Gasteiger partial charge in [0.2, 0.25) is 5.91 Å². The highest BCUT2D eigenvalue weighted by molar-refractivity contribution is 5.91. The molecule has 0 aromatic carbocycles. The van der Waals surface area contributed by atoms with Crippen LogP contribution in [-0.2, 0) is 4.79 Å². The molecular weight excluding hydrogens is 250 g/mol. The van der Waals surface area contributed by atoms with E-state index in [1.54, 1.807) is 24.5 Å². The van der Waals surface area contributed by atoms with Crippen LogP contribution in [0.25, 0.3) is 6.08 Å². The Hall–Kier alpha value is -1.68. The second-order valence-corrected chi connectivity index (χ2v) is 5.17. The Bertz CT molecular complexity index is 425.